The highest BCUT2D eigenvalue weighted by atomic mass is 16.2. The highest BCUT2D eigenvalue weighted by Gasteiger charge is 2.24. The van der Waals surface area contributed by atoms with Crippen LogP contribution >= 0.6 is 0 Å². The molecule has 2 heterocycles. The van der Waals surface area contributed by atoms with Gasteiger partial charge in [0.1, 0.15) is 0 Å². The van der Waals surface area contributed by atoms with E-state index in [4.69, 9.17) is 0 Å². The third-order valence-corrected chi connectivity index (χ3v) is 5.56. The Hall–Kier alpha value is -2.99. The molecular formula is C23H26N4O2. The van der Waals surface area contributed by atoms with Crippen molar-refractivity contribution in [2.75, 3.05) is 26.2 Å². The fraction of sp³-hybridized carbons (Fsp3) is 0.348. The van der Waals surface area contributed by atoms with Crippen LogP contribution in [-0.2, 0) is 13.6 Å². The summed E-state index contributed by atoms with van der Waals surface area (Å²) in [4.78, 5) is 29.9. The number of aryl methyl sites for hydroxylation is 2. The number of hydrogen-bond acceptors (Lipinski definition) is 4. The second-order valence-electron chi connectivity index (χ2n) is 7.73. The van der Waals surface area contributed by atoms with Gasteiger partial charge in [0, 0.05) is 45.2 Å². The second-order valence-corrected chi connectivity index (χ2v) is 7.73. The minimum atomic E-state index is -0.183. The van der Waals surface area contributed by atoms with Crippen LogP contribution < -0.4 is 5.56 Å². The van der Waals surface area contributed by atoms with Gasteiger partial charge in [-0.3, -0.25) is 14.5 Å². The SMILES string of the molecule is Cc1ccc(CN2CCCN(C(=O)c3nn(C)c(=O)c4ccccc34)CC2)cc1. The van der Waals surface area contributed by atoms with Crippen molar-refractivity contribution in [3.63, 3.8) is 0 Å². The standard InChI is InChI=1S/C23H26N4O2/c1-17-8-10-18(11-9-17)16-26-12-5-13-27(15-14-26)23(29)21-19-6-3-4-7-20(19)22(28)25(2)24-21/h3-4,6-11H,5,12-16H2,1-2H3. The van der Waals surface area contributed by atoms with E-state index in [0.29, 0.717) is 29.6 Å². The Morgan fingerprint density at radius 3 is 2.45 bits per heavy atom. The Kier molecular flexibility index (Phi) is 5.45. The quantitative estimate of drug-likeness (QED) is 0.690. The number of nitrogens with zero attached hydrogens (tertiary/aromatic N) is 4. The Morgan fingerprint density at radius 2 is 1.69 bits per heavy atom. The average Bonchev–Trinajstić information content (AvgIpc) is 2.97. The summed E-state index contributed by atoms with van der Waals surface area (Å²) in [5.41, 5.74) is 2.73. The van der Waals surface area contributed by atoms with Crippen LogP contribution in [0, 0.1) is 6.92 Å². The maximum atomic E-state index is 13.3. The molecule has 0 saturated carbocycles. The first-order chi connectivity index (χ1) is 14.0. The number of fused-ring (bicyclic) bond motifs is 1. The fourth-order valence-electron chi connectivity index (χ4n) is 3.89. The molecule has 1 aromatic heterocycles. The summed E-state index contributed by atoms with van der Waals surface area (Å²) in [5, 5.41) is 5.46. The van der Waals surface area contributed by atoms with E-state index < -0.39 is 0 Å². The summed E-state index contributed by atoms with van der Waals surface area (Å²) in [6.07, 6.45) is 0.918. The minimum absolute atomic E-state index is 0.103. The Morgan fingerprint density at radius 1 is 0.966 bits per heavy atom. The zero-order chi connectivity index (χ0) is 20.4. The maximum Gasteiger partial charge on any atom is 0.274 e. The number of benzene rings is 2. The van der Waals surface area contributed by atoms with E-state index in [1.165, 1.54) is 15.8 Å². The summed E-state index contributed by atoms with van der Waals surface area (Å²) >= 11 is 0. The summed E-state index contributed by atoms with van der Waals surface area (Å²) < 4.78 is 1.26. The van der Waals surface area contributed by atoms with E-state index in [1.54, 1.807) is 19.2 Å². The Balaban J connectivity index is 1.52. The van der Waals surface area contributed by atoms with Gasteiger partial charge >= 0.3 is 0 Å². The highest BCUT2D eigenvalue weighted by Crippen LogP contribution is 2.17. The van der Waals surface area contributed by atoms with E-state index >= 15 is 0 Å². The molecule has 0 N–H and O–H groups in total. The van der Waals surface area contributed by atoms with Gasteiger partial charge in [0.2, 0.25) is 0 Å². The average molecular weight is 390 g/mol. The maximum absolute atomic E-state index is 13.3. The lowest BCUT2D eigenvalue weighted by molar-refractivity contribution is 0.0755. The fourth-order valence-corrected chi connectivity index (χ4v) is 3.89. The molecule has 0 aliphatic carbocycles. The first-order valence-electron chi connectivity index (χ1n) is 10.1. The zero-order valence-corrected chi connectivity index (χ0v) is 17.0. The zero-order valence-electron chi connectivity index (χ0n) is 17.0. The van der Waals surface area contributed by atoms with Crippen LogP contribution in [0.4, 0.5) is 0 Å². The predicted octanol–water partition coefficient (Wildman–Crippen LogP) is 2.59. The molecular weight excluding hydrogens is 364 g/mol. The molecule has 0 spiro atoms. The van der Waals surface area contributed by atoms with Crippen molar-refractivity contribution in [3.8, 4) is 0 Å². The number of aromatic nitrogens is 2. The molecule has 2 aromatic carbocycles. The largest absolute Gasteiger partial charge is 0.336 e. The molecule has 0 atom stereocenters. The number of hydrogen-bond donors (Lipinski definition) is 0. The van der Waals surface area contributed by atoms with Gasteiger partial charge in [-0.25, -0.2) is 4.68 Å². The van der Waals surface area contributed by atoms with Gasteiger partial charge < -0.3 is 4.90 Å². The summed E-state index contributed by atoms with van der Waals surface area (Å²) in [6, 6.07) is 15.8. The molecule has 1 saturated heterocycles. The van der Waals surface area contributed by atoms with E-state index in [9.17, 15) is 9.59 Å². The van der Waals surface area contributed by atoms with Crippen LogP contribution in [0.5, 0.6) is 0 Å². The molecule has 0 unspecified atom stereocenters. The molecule has 6 heteroatoms. The first kappa shape index (κ1) is 19.3. The molecule has 6 nitrogen and oxygen atoms in total. The molecule has 1 aliphatic rings. The number of amides is 1. The lowest BCUT2D eigenvalue weighted by Crippen LogP contribution is -2.37. The minimum Gasteiger partial charge on any atom is -0.336 e. The van der Waals surface area contributed by atoms with Crippen LogP contribution in [0.3, 0.4) is 0 Å². The van der Waals surface area contributed by atoms with E-state index in [-0.39, 0.29) is 11.5 Å². The summed E-state index contributed by atoms with van der Waals surface area (Å²) in [7, 11) is 1.59. The lowest BCUT2D eigenvalue weighted by Gasteiger charge is -2.22. The summed E-state index contributed by atoms with van der Waals surface area (Å²) in [5.74, 6) is -0.103. The normalized spacial score (nSPS) is 15.4. The number of carbonyl (C=O) groups is 1. The van der Waals surface area contributed by atoms with E-state index in [0.717, 1.165) is 26.1 Å². The number of carbonyl (C=O) groups excluding carboxylic acids is 1. The third kappa shape index (κ3) is 4.07. The van der Waals surface area contributed by atoms with Crippen molar-refractivity contribution in [2.45, 2.75) is 19.9 Å². The number of rotatable bonds is 3. The molecule has 150 valence electrons. The van der Waals surface area contributed by atoms with Crippen molar-refractivity contribution in [1.82, 2.24) is 19.6 Å². The van der Waals surface area contributed by atoms with Crippen molar-refractivity contribution >= 4 is 16.7 Å². The summed E-state index contributed by atoms with van der Waals surface area (Å²) in [6.45, 7) is 6.12. The molecule has 4 rings (SSSR count). The highest BCUT2D eigenvalue weighted by molar-refractivity contribution is 6.04. The van der Waals surface area contributed by atoms with Gasteiger partial charge in [-0.1, -0.05) is 48.0 Å². The second kappa shape index (κ2) is 8.17. The van der Waals surface area contributed by atoms with Gasteiger partial charge in [-0.2, -0.15) is 5.10 Å². The van der Waals surface area contributed by atoms with Gasteiger partial charge in [0.15, 0.2) is 5.69 Å². The third-order valence-electron chi connectivity index (χ3n) is 5.56. The first-order valence-corrected chi connectivity index (χ1v) is 10.1. The van der Waals surface area contributed by atoms with Crippen LogP contribution in [0.1, 0.15) is 28.0 Å². The molecule has 0 radical (unpaired) electrons. The monoisotopic (exact) mass is 390 g/mol. The van der Waals surface area contributed by atoms with Gasteiger partial charge in [-0.05, 0) is 25.0 Å². The van der Waals surface area contributed by atoms with Crippen molar-refractivity contribution in [2.24, 2.45) is 7.05 Å². The van der Waals surface area contributed by atoms with Crippen molar-refractivity contribution in [3.05, 3.63) is 75.7 Å². The molecule has 1 amide bonds. The molecule has 1 fully saturated rings. The van der Waals surface area contributed by atoms with Gasteiger partial charge in [0.25, 0.3) is 11.5 Å². The topological polar surface area (TPSA) is 58.4 Å². The lowest BCUT2D eigenvalue weighted by atomic mass is 10.1. The van der Waals surface area contributed by atoms with Crippen LogP contribution in [0.2, 0.25) is 0 Å². The van der Waals surface area contributed by atoms with E-state index in [2.05, 4.69) is 41.2 Å². The molecule has 0 bridgehead atoms. The van der Waals surface area contributed by atoms with Crippen molar-refractivity contribution in [1.29, 1.82) is 0 Å². The molecule has 29 heavy (non-hydrogen) atoms. The van der Waals surface area contributed by atoms with Gasteiger partial charge in [-0.15, -0.1) is 0 Å². The van der Waals surface area contributed by atoms with Crippen molar-refractivity contribution < 1.29 is 4.79 Å². The molecule has 1 aliphatic heterocycles. The Bertz CT molecular complexity index is 1090. The van der Waals surface area contributed by atoms with Crippen LogP contribution in [-0.4, -0.2) is 51.7 Å². The van der Waals surface area contributed by atoms with E-state index in [1.807, 2.05) is 17.0 Å². The van der Waals surface area contributed by atoms with Gasteiger partial charge in [0.05, 0.1) is 5.39 Å². The Labute approximate surface area is 170 Å². The molecule has 3 aromatic rings. The predicted molar refractivity (Wildman–Crippen MR) is 114 cm³/mol. The van der Waals surface area contributed by atoms with Crippen LogP contribution in [0.25, 0.3) is 10.8 Å². The van der Waals surface area contributed by atoms with Crippen LogP contribution in [0.15, 0.2) is 53.3 Å². The smallest absolute Gasteiger partial charge is 0.274 e.